The molecule has 32 heavy (non-hydrogen) atoms. The van der Waals surface area contributed by atoms with E-state index in [1.165, 1.54) is 22.6 Å². The number of hydrogen-bond acceptors (Lipinski definition) is 4. The first-order chi connectivity index (χ1) is 15.6. The molecule has 0 saturated carbocycles. The summed E-state index contributed by atoms with van der Waals surface area (Å²) in [5.41, 5.74) is 4.46. The Morgan fingerprint density at radius 3 is 2.78 bits per heavy atom. The van der Waals surface area contributed by atoms with Gasteiger partial charge >= 0.3 is 0 Å². The highest BCUT2D eigenvalue weighted by atomic mass is 32.1. The molecule has 0 atom stereocenters. The minimum absolute atomic E-state index is 0.255. The van der Waals surface area contributed by atoms with Crippen LogP contribution >= 0.6 is 11.3 Å². The molecule has 164 valence electrons. The van der Waals surface area contributed by atoms with Crippen LogP contribution in [-0.2, 0) is 11.2 Å². The second-order valence-electron chi connectivity index (χ2n) is 7.87. The molecule has 0 spiro atoms. The molecular weight excluding hydrogens is 418 g/mol. The Balaban J connectivity index is 1.36. The number of fused-ring (bicyclic) bond motifs is 1. The van der Waals surface area contributed by atoms with E-state index in [0.29, 0.717) is 12.1 Å². The largest absolute Gasteiger partial charge is 0.371 e. The van der Waals surface area contributed by atoms with Crippen molar-refractivity contribution in [1.82, 2.24) is 10.6 Å². The smallest absolute Gasteiger partial charge is 0.267 e. The van der Waals surface area contributed by atoms with Gasteiger partial charge in [-0.1, -0.05) is 42.0 Å². The summed E-state index contributed by atoms with van der Waals surface area (Å²) in [4.78, 5) is 28.9. The van der Waals surface area contributed by atoms with Crippen LogP contribution in [0.4, 0.5) is 5.69 Å². The van der Waals surface area contributed by atoms with Crippen molar-refractivity contribution >= 4 is 34.9 Å². The van der Waals surface area contributed by atoms with Crippen molar-refractivity contribution < 1.29 is 9.59 Å². The maximum atomic E-state index is 12.9. The summed E-state index contributed by atoms with van der Waals surface area (Å²) in [5.74, 6) is -0.568. The molecule has 6 heteroatoms. The number of thiophene rings is 1. The van der Waals surface area contributed by atoms with E-state index in [0.717, 1.165) is 36.4 Å². The van der Waals surface area contributed by atoms with Gasteiger partial charge in [0.2, 0.25) is 0 Å². The third-order valence-electron chi connectivity index (χ3n) is 5.48. The summed E-state index contributed by atoms with van der Waals surface area (Å²) >= 11 is 1.52. The van der Waals surface area contributed by atoms with Crippen molar-refractivity contribution in [2.45, 2.75) is 19.8 Å². The fourth-order valence-electron chi connectivity index (χ4n) is 3.86. The van der Waals surface area contributed by atoms with Gasteiger partial charge < -0.3 is 15.5 Å². The number of aryl methyl sites for hydroxylation is 1. The van der Waals surface area contributed by atoms with Gasteiger partial charge in [-0.2, -0.15) is 0 Å². The Morgan fingerprint density at radius 2 is 1.97 bits per heavy atom. The molecule has 0 saturated heterocycles. The second kappa shape index (κ2) is 10.3. The van der Waals surface area contributed by atoms with Gasteiger partial charge in [-0.25, -0.2) is 0 Å². The van der Waals surface area contributed by atoms with Crippen molar-refractivity contribution in [1.29, 1.82) is 0 Å². The van der Waals surface area contributed by atoms with Crippen molar-refractivity contribution in [2.24, 2.45) is 0 Å². The predicted octanol–water partition coefficient (Wildman–Crippen LogP) is 4.40. The van der Waals surface area contributed by atoms with E-state index < -0.39 is 0 Å². The number of benzene rings is 2. The second-order valence-corrected chi connectivity index (χ2v) is 8.85. The lowest BCUT2D eigenvalue weighted by atomic mass is 10.1. The summed E-state index contributed by atoms with van der Waals surface area (Å²) in [7, 11) is 0. The van der Waals surface area contributed by atoms with Gasteiger partial charge in [0, 0.05) is 35.8 Å². The summed E-state index contributed by atoms with van der Waals surface area (Å²) in [6, 6.07) is 19.6. The molecule has 0 unspecified atom stereocenters. The number of nitrogens with zero attached hydrogens (tertiary/aromatic N) is 1. The maximum Gasteiger partial charge on any atom is 0.267 e. The molecule has 1 aromatic heterocycles. The van der Waals surface area contributed by atoms with Crippen molar-refractivity contribution in [3.05, 3.63) is 93.3 Å². The van der Waals surface area contributed by atoms with Crippen molar-refractivity contribution in [3.8, 4) is 0 Å². The number of para-hydroxylation sites is 1. The first-order valence-corrected chi connectivity index (χ1v) is 11.7. The van der Waals surface area contributed by atoms with Gasteiger partial charge in [0.25, 0.3) is 11.8 Å². The average molecular weight is 446 g/mol. The molecule has 0 aliphatic carbocycles. The third-order valence-corrected chi connectivity index (χ3v) is 6.30. The van der Waals surface area contributed by atoms with Gasteiger partial charge in [-0.15, -0.1) is 11.3 Å². The Labute approximate surface area is 192 Å². The minimum atomic E-state index is -0.291. The van der Waals surface area contributed by atoms with Crippen LogP contribution < -0.4 is 15.5 Å². The van der Waals surface area contributed by atoms with E-state index in [2.05, 4.69) is 39.8 Å². The SMILES string of the molecule is Cc1cccc(C(=O)N/C(=C\c2cccs2)C(=O)NCCCN2CCc3ccccc32)c1. The highest BCUT2D eigenvalue weighted by molar-refractivity contribution is 7.10. The number of anilines is 1. The van der Waals surface area contributed by atoms with Gasteiger partial charge in [-0.3, -0.25) is 9.59 Å². The lowest BCUT2D eigenvalue weighted by Crippen LogP contribution is -2.36. The molecule has 2 aromatic carbocycles. The molecule has 0 fully saturated rings. The van der Waals surface area contributed by atoms with Crippen LogP contribution in [0.5, 0.6) is 0 Å². The van der Waals surface area contributed by atoms with E-state index in [1.54, 1.807) is 12.1 Å². The Bertz CT molecular complexity index is 1120. The highest BCUT2D eigenvalue weighted by Gasteiger charge is 2.18. The molecule has 3 aromatic rings. The Morgan fingerprint density at radius 1 is 1.09 bits per heavy atom. The number of carbonyl (C=O) groups is 2. The quantitative estimate of drug-likeness (QED) is 0.399. The molecular formula is C26H27N3O2S. The zero-order valence-corrected chi connectivity index (χ0v) is 19.0. The van der Waals surface area contributed by atoms with Crippen LogP contribution in [0.1, 0.15) is 32.8 Å². The van der Waals surface area contributed by atoms with Crippen molar-refractivity contribution in [2.75, 3.05) is 24.5 Å². The van der Waals surface area contributed by atoms with E-state index in [4.69, 9.17) is 0 Å². The number of carbonyl (C=O) groups excluding carboxylic acids is 2. The zero-order chi connectivity index (χ0) is 22.3. The van der Waals surface area contributed by atoms with Gasteiger partial charge in [0.15, 0.2) is 0 Å². The third kappa shape index (κ3) is 5.45. The number of rotatable bonds is 8. The molecule has 2 amide bonds. The molecule has 0 bridgehead atoms. The molecule has 1 aliphatic heterocycles. The van der Waals surface area contributed by atoms with Gasteiger partial charge in [0.1, 0.15) is 5.70 Å². The number of hydrogen-bond donors (Lipinski definition) is 2. The minimum Gasteiger partial charge on any atom is -0.371 e. The Kier molecular flexibility index (Phi) is 7.02. The summed E-state index contributed by atoms with van der Waals surface area (Å²) < 4.78 is 0. The first-order valence-electron chi connectivity index (χ1n) is 10.8. The maximum absolute atomic E-state index is 12.9. The normalized spacial score (nSPS) is 13.0. The molecule has 2 heterocycles. The fourth-order valence-corrected chi connectivity index (χ4v) is 4.52. The van der Waals surface area contributed by atoms with E-state index >= 15 is 0 Å². The topological polar surface area (TPSA) is 61.4 Å². The summed E-state index contributed by atoms with van der Waals surface area (Å²) in [6.45, 7) is 4.38. The molecule has 5 nitrogen and oxygen atoms in total. The summed E-state index contributed by atoms with van der Waals surface area (Å²) in [6.07, 6.45) is 3.63. The molecule has 1 aliphatic rings. The standard InChI is InChI=1S/C26H27N3O2S/c1-19-7-4-9-21(17-19)25(30)28-23(18-22-10-5-16-32-22)26(31)27-13-6-14-29-15-12-20-8-2-3-11-24(20)29/h2-5,7-11,16-18H,6,12-15H2,1H3,(H,27,31)(H,28,30)/b23-18-. The first kappa shape index (κ1) is 21.8. The molecule has 4 rings (SSSR count). The van der Waals surface area contributed by atoms with Gasteiger partial charge in [0.05, 0.1) is 0 Å². The van der Waals surface area contributed by atoms with E-state index in [-0.39, 0.29) is 17.5 Å². The van der Waals surface area contributed by atoms with Crippen LogP contribution in [0.25, 0.3) is 6.08 Å². The fraction of sp³-hybridized carbons (Fsp3) is 0.231. The monoisotopic (exact) mass is 445 g/mol. The van der Waals surface area contributed by atoms with Crippen molar-refractivity contribution in [3.63, 3.8) is 0 Å². The Hall–Kier alpha value is -3.38. The lowest BCUT2D eigenvalue weighted by Gasteiger charge is -2.19. The highest BCUT2D eigenvalue weighted by Crippen LogP contribution is 2.27. The number of nitrogens with one attached hydrogen (secondary N) is 2. The average Bonchev–Trinajstić information content (AvgIpc) is 3.46. The van der Waals surface area contributed by atoms with E-state index in [1.807, 2.05) is 42.6 Å². The van der Waals surface area contributed by atoms with Crippen LogP contribution in [-0.4, -0.2) is 31.4 Å². The van der Waals surface area contributed by atoms with E-state index in [9.17, 15) is 9.59 Å². The van der Waals surface area contributed by atoms with Crippen LogP contribution in [0.15, 0.2) is 71.7 Å². The predicted molar refractivity (Wildman–Crippen MR) is 131 cm³/mol. The summed E-state index contributed by atoms with van der Waals surface area (Å²) in [5, 5.41) is 7.71. The lowest BCUT2D eigenvalue weighted by molar-refractivity contribution is -0.117. The van der Waals surface area contributed by atoms with Gasteiger partial charge in [-0.05, 0) is 61.1 Å². The molecule has 2 N–H and O–H groups in total. The zero-order valence-electron chi connectivity index (χ0n) is 18.1. The van der Waals surface area contributed by atoms with Crippen LogP contribution in [0.3, 0.4) is 0 Å². The molecule has 0 radical (unpaired) electrons. The van der Waals surface area contributed by atoms with Crippen LogP contribution in [0, 0.1) is 6.92 Å². The van der Waals surface area contributed by atoms with Crippen LogP contribution in [0.2, 0.25) is 0 Å². The number of amides is 2.